The lowest BCUT2D eigenvalue weighted by Gasteiger charge is -2.11. The van der Waals surface area contributed by atoms with E-state index in [9.17, 15) is 4.79 Å². The molecule has 0 saturated heterocycles. The zero-order chi connectivity index (χ0) is 23.8. The maximum atomic E-state index is 12.1. The number of hydrogen-bond acceptors (Lipinski definition) is 8. The van der Waals surface area contributed by atoms with E-state index in [-0.39, 0.29) is 19.1 Å². The van der Waals surface area contributed by atoms with Crippen LogP contribution in [0.2, 0.25) is 0 Å². The Labute approximate surface area is 196 Å². The molecule has 1 amide bonds. The monoisotopic (exact) mass is 463 g/mol. The van der Waals surface area contributed by atoms with Gasteiger partial charge >= 0.3 is 0 Å². The third-order valence-electron chi connectivity index (χ3n) is 4.77. The fourth-order valence-corrected chi connectivity index (χ4v) is 3.15. The van der Waals surface area contributed by atoms with Gasteiger partial charge in [-0.3, -0.25) is 4.79 Å². The van der Waals surface area contributed by atoms with Crippen molar-refractivity contribution in [2.75, 3.05) is 33.5 Å². The van der Waals surface area contributed by atoms with E-state index in [0.717, 1.165) is 11.3 Å². The molecule has 0 aliphatic carbocycles. The van der Waals surface area contributed by atoms with Crippen molar-refractivity contribution in [1.29, 1.82) is 0 Å². The van der Waals surface area contributed by atoms with Crippen molar-refractivity contribution < 1.29 is 23.7 Å². The molecule has 4 rings (SSSR count). The van der Waals surface area contributed by atoms with Gasteiger partial charge in [0.2, 0.25) is 5.88 Å². The Balaban J connectivity index is 1.29. The molecule has 0 saturated carbocycles. The normalized spacial score (nSPS) is 10.6. The lowest BCUT2D eigenvalue weighted by Crippen LogP contribution is -2.32. The van der Waals surface area contributed by atoms with Crippen LogP contribution in [0.4, 0.5) is 0 Å². The summed E-state index contributed by atoms with van der Waals surface area (Å²) in [5.74, 6) is 2.58. The molecule has 1 N–H and O–H groups in total. The standard InChI is InChI=1S/C24H25N5O5/c1-3-32-19-6-4-5-7-20(19)34-16-22(30)25-14-15-33-23-13-12-21-26-27-24(29(21)28-23)17-8-10-18(31-2)11-9-17/h4-13H,3,14-16H2,1-2H3,(H,25,30). The molecule has 0 bridgehead atoms. The predicted molar refractivity (Wildman–Crippen MR) is 124 cm³/mol. The van der Waals surface area contributed by atoms with Crippen LogP contribution in [0.25, 0.3) is 17.0 Å². The Morgan fingerprint density at radius 1 is 0.941 bits per heavy atom. The molecule has 0 fully saturated rings. The molecule has 4 aromatic rings. The number of nitrogens with one attached hydrogen (secondary N) is 1. The van der Waals surface area contributed by atoms with Crippen LogP contribution in [0.15, 0.2) is 60.7 Å². The first kappa shape index (κ1) is 22.8. The van der Waals surface area contributed by atoms with E-state index >= 15 is 0 Å². The number of aromatic nitrogens is 4. The summed E-state index contributed by atoms with van der Waals surface area (Å²) in [5.41, 5.74) is 1.44. The third-order valence-corrected chi connectivity index (χ3v) is 4.77. The lowest BCUT2D eigenvalue weighted by molar-refractivity contribution is -0.123. The average molecular weight is 463 g/mol. The SMILES string of the molecule is CCOc1ccccc1OCC(=O)NCCOc1ccc2nnc(-c3ccc(OC)cc3)n2n1. The van der Waals surface area contributed by atoms with E-state index in [1.165, 1.54) is 0 Å². The number of benzene rings is 2. The van der Waals surface area contributed by atoms with Crippen molar-refractivity contribution in [3.63, 3.8) is 0 Å². The Morgan fingerprint density at radius 2 is 1.71 bits per heavy atom. The molecular formula is C24H25N5O5. The Bertz CT molecular complexity index is 1240. The molecule has 10 heteroatoms. The van der Waals surface area contributed by atoms with Gasteiger partial charge in [0.1, 0.15) is 12.4 Å². The van der Waals surface area contributed by atoms with Gasteiger partial charge in [-0.15, -0.1) is 15.3 Å². The first-order valence-corrected chi connectivity index (χ1v) is 10.8. The van der Waals surface area contributed by atoms with Gasteiger partial charge in [0.05, 0.1) is 20.3 Å². The van der Waals surface area contributed by atoms with Crippen LogP contribution in [0.1, 0.15) is 6.92 Å². The topological polar surface area (TPSA) is 109 Å². The van der Waals surface area contributed by atoms with Crippen LogP contribution >= 0.6 is 0 Å². The van der Waals surface area contributed by atoms with E-state index in [0.29, 0.717) is 42.0 Å². The van der Waals surface area contributed by atoms with Crippen LogP contribution in [-0.4, -0.2) is 59.2 Å². The molecule has 0 atom stereocenters. The van der Waals surface area contributed by atoms with Gasteiger partial charge in [0, 0.05) is 11.6 Å². The molecule has 0 unspecified atom stereocenters. The fourth-order valence-electron chi connectivity index (χ4n) is 3.15. The van der Waals surface area contributed by atoms with Crippen molar-refractivity contribution in [3.8, 4) is 34.5 Å². The van der Waals surface area contributed by atoms with Gasteiger partial charge in [-0.05, 0) is 49.4 Å². The molecule has 0 spiro atoms. The molecule has 2 aromatic heterocycles. The summed E-state index contributed by atoms with van der Waals surface area (Å²) in [7, 11) is 1.61. The zero-order valence-corrected chi connectivity index (χ0v) is 18.9. The number of methoxy groups -OCH3 is 1. The summed E-state index contributed by atoms with van der Waals surface area (Å²) < 4.78 is 23.5. The first-order chi connectivity index (χ1) is 16.7. The highest BCUT2D eigenvalue weighted by atomic mass is 16.5. The van der Waals surface area contributed by atoms with E-state index in [2.05, 4.69) is 20.6 Å². The number of carbonyl (C=O) groups is 1. The van der Waals surface area contributed by atoms with Crippen LogP contribution in [0.3, 0.4) is 0 Å². The van der Waals surface area contributed by atoms with Gasteiger partial charge in [0.15, 0.2) is 29.6 Å². The van der Waals surface area contributed by atoms with Gasteiger partial charge < -0.3 is 24.3 Å². The van der Waals surface area contributed by atoms with Gasteiger partial charge in [0.25, 0.3) is 5.91 Å². The maximum absolute atomic E-state index is 12.1. The van der Waals surface area contributed by atoms with Gasteiger partial charge in [-0.2, -0.15) is 4.52 Å². The number of ether oxygens (including phenoxy) is 4. The highest BCUT2D eigenvalue weighted by Crippen LogP contribution is 2.26. The molecular weight excluding hydrogens is 438 g/mol. The predicted octanol–water partition coefficient (Wildman–Crippen LogP) is 2.77. The smallest absolute Gasteiger partial charge is 0.258 e. The van der Waals surface area contributed by atoms with Crippen LogP contribution < -0.4 is 24.3 Å². The minimum atomic E-state index is -0.265. The molecule has 0 aliphatic rings. The molecule has 10 nitrogen and oxygen atoms in total. The summed E-state index contributed by atoms with van der Waals surface area (Å²) in [6.45, 7) is 2.81. The number of rotatable bonds is 11. The average Bonchev–Trinajstić information content (AvgIpc) is 3.29. The summed E-state index contributed by atoms with van der Waals surface area (Å²) in [6, 6.07) is 18.2. The van der Waals surface area contributed by atoms with E-state index in [4.69, 9.17) is 18.9 Å². The number of para-hydroxylation sites is 2. The van der Waals surface area contributed by atoms with Crippen LogP contribution in [0.5, 0.6) is 23.1 Å². The van der Waals surface area contributed by atoms with E-state index < -0.39 is 0 Å². The first-order valence-electron chi connectivity index (χ1n) is 10.8. The summed E-state index contributed by atoms with van der Waals surface area (Å²) >= 11 is 0. The molecule has 0 radical (unpaired) electrons. The fraction of sp³-hybridized carbons (Fsp3) is 0.250. The minimum absolute atomic E-state index is 0.125. The van der Waals surface area contributed by atoms with Gasteiger partial charge in [-0.1, -0.05) is 12.1 Å². The molecule has 176 valence electrons. The third kappa shape index (κ3) is 5.52. The minimum Gasteiger partial charge on any atom is -0.497 e. The summed E-state index contributed by atoms with van der Waals surface area (Å²) in [4.78, 5) is 12.1. The van der Waals surface area contributed by atoms with Crippen molar-refractivity contribution in [2.24, 2.45) is 0 Å². The zero-order valence-electron chi connectivity index (χ0n) is 18.9. The Kier molecular flexibility index (Phi) is 7.39. The molecule has 2 aromatic carbocycles. The highest BCUT2D eigenvalue weighted by Gasteiger charge is 2.11. The largest absolute Gasteiger partial charge is 0.497 e. The highest BCUT2D eigenvalue weighted by molar-refractivity contribution is 5.77. The maximum Gasteiger partial charge on any atom is 0.258 e. The van der Waals surface area contributed by atoms with Crippen molar-refractivity contribution in [1.82, 2.24) is 25.1 Å². The Hall–Kier alpha value is -4.34. The number of amides is 1. The van der Waals surface area contributed by atoms with Crippen molar-refractivity contribution >= 4 is 11.6 Å². The quantitative estimate of drug-likeness (QED) is 0.338. The molecule has 2 heterocycles. The summed E-state index contributed by atoms with van der Waals surface area (Å²) in [6.07, 6.45) is 0. The van der Waals surface area contributed by atoms with E-state index in [1.54, 1.807) is 35.9 Å². The molecule has 34 heavy (non-hydrogen) atoms. The lowest BCUT2D eigenvalue weighted by atomic mass is 10.2. The molecule has 0 aliphatic heterocycles. The van der Waals surface area contributed by atoms with Gasteiger partial charge in [-0.25, -0.2) is 0 Å². The van der Waals surface area contributed by atoms with E-state index in [1.807, 2.05) is 43.3 Å². The van der Waals surface area contributed by atoms with Crippen LogP contribution in [-0.2, 0) is 4.79 Å². The van der Waals surface area contributed by atoms with Crippen molar-refractivity contribution in [2.45, 2.75) is 6.92 Å². The number of fused-ring (bicyclic) bond motifs is 1. The second kappa shape index (κ2) is 11.0. The summed E-state index contributed by atoms with van der Waals surface area (Å²) in [5, 5.41) is 15.6. The van der Waals surface area contributed by atoms with Crippen LogP contribution in [0, 0.1) is 0 Å². The Morgan fingerprint density at radius 3 is 2.44 bits per heavy atom. The second-order valence-electron chi connectivity index (χ2n) is 7.06. The second-order valence-corrected chi connectivity index (χ2v) is 7.06. The number of nitrogens with zero attached hydrogens (tertiary/aromatic N) is 4. The van der Waals surface area contributed by atoms with Crippen molar-refractivity contribution in [3.05, 3.63) is 60.7 Å². The number of hydrogen-bond donors (Lipinski definition) is 1. The number of carbonyl (C=O) groups excluding carboxylic acids is 1.